The molecule has 0 fully saturated rings. The van der Waals surface area contributed by atoms with Crippen LogP contribution >= 0.6 is 0 Å². The summed E-state index contributed by atoms with van der Waals surface area (Å²) in [5.74, 6) is 0. The summed E-state index contributed by atoms with van der Waals surface area (Å²) in [5.41, 5.74) is 0. The van der Waals surface area contributed by atoms with Crippen molar-refractivity contribution in [2.24, 2.45) is 0 Å². The van der Waals surface area contributed by atoms with Crippen LogP contribution in [0.5, 0.6) is 0 Å². The molecule has 0 aromatic carbocycles. The summed E-state index contributed by atoms with van der Waals surface area (Å²) < 4.78 is 0. The highest BCUT2D eigenvalue weighted by Crippen LogP contribution is 2.10. The van der Waals surface area contributed by atoms with Crippen LogP contribution < -0.4 is 0 Å². The van der Waals surface area contributed by atoms with Gasteiger partial charge in [-0.25, -0.2) is 0 Å². The quantitative estimate of drug-likeness (QED) is 0.574. The van der Waals surface area contributed by atoms with E-state index in [0.29, 0.717) is 0 Å². The Morgan fingerprint density at radius 1 is 0.923 bits per heavy atom. The maximum absolute atomic E-state index is 9.51. The van der Waals surface area contributed by atoms with Gasteiger partial charge in [0.2, 0.25) is 0 Å². The summed E-state index contributed by atoms with van der Waals surface area (Å²) in [6.07, 6.45) is 6.70. The first kappa shape index (κ1) is 12.9. The van der Waals surface area contributed by atoms with Gasteiger partial charge in [0.25, 0.3) is 0 Å². The van der Waals surface area contributed by atoms with E-state index < -0.39 is 0 Å². The van der Waals surface area contributed by atoms with Crippen LogP contribution in [0.25, 0.3) is 0 Å². The normalized spacial score (nSPS) is 15.7. The van der Waals surface area contributed by atoms with Crippen LogP contribution in [0.15, 0.2) is 0 Å². The first-order chi connectivity index (χ1) is 6.16. The van der Waals surface area contributed by atoms with Crippen molar-refractivity contribution in [2.45, 2.75) is 71.0 Å². The standard InChI is InChI=1S/C11H24O2/c1-3-4-5-8-11(13)9-6-7-10(2)12/h10-13H,3-9H2,1-2H3/t10-,11+/m0/s1. The Balaban J connectivity index is 3.15. The second-order valence-electron chi connectivity index (χ2n) is 3.93. The van der Waals surface area contributed by atoms with Crippen LogP contribution in [0.1, 0.15) is 58.8 Å². The molecule has 0 aliphatic rings. The fourth-order valence-corrected chi connectivity index (χ4v) is 1.42. The maximum Gasteiger partial charge on any atom is 0.0540 e. The topological polar surface area (TPSA) is 40.5 Å². The molecule has 0 unspecified atom stereocenters. The van der Waals surface area contributed by atoms with E-state index in [1.807, 2.05) is 0 Å². The van der Waals surface area contributed by atoms with E-state index in [1.165, 1.54) is 12.8 Å². The fourth-order valence-electron chi connectivity index (χ4n) is 1.42. The number of rotatable bonds is 8. The van der Waals surface area contributed by atoms with Crippen molar-refractivity contribution in [3.05, 3.63) is 0 Å². The number of hydrogen-bond donors (Lipinski definition) is 2. The fraction of sp³-hybridized carbons (Fsp3) is 1.00. The molecule has 2 N–H and O–H groups in total. The lowest BCUT2D eigenvalue weighted by atomic mass is 10.0. The van der Waals surface area contributed by atoms with Gasteiger partial charge in [0, 0.05) is 0 Å². The van der Waals surface area contributed by atoms with Crippen molar-refractivity contribution in [1.29, 1.82) is 0 Å². The third kappa shape index (κ3) is 9.84. The molecule has 2 nitrogen and oxygen atoms in total. The maximum atomic E-state index is 9.51. The van der Waals surface area contributed by atoms with E-state index in [4.69, 9.17) is 5.11 Å². The highest BCUT2D eigenvalue weighted by Gasteiger charge is 2.04. The first-order valence-corrected chi connectivity index (χ1v) is 5.53. The first-order valence-electron chi connectivity index (χ1n) is 5.53. The molecule has 2 heteroatoms. The molecular formula is C11H24O2. The van der Waals surface area contributed by atoms with Gasteiger partial charge in [-0.05, 0) is 32.6 Å². The van der Waals surface area contributed by atoms with E-state index in [1.54, 1.807) is 6.92 Å². The molecular weight excluding hydrogens is 164 g/mol. The van der Waals surface area contributed by atoms with Crippen molar-refractivity contribution >= 4 is 0 Å². The predicted octanol–water partition coefficient (Wildman–Crippen LogP) is 2.48. The summed E-state index contributed by atoms with van der Waals surface area (Å²) in [7, 11) is 0. The van der Waals surface area contributed by atoms with Crippen LogP contribution in [0.3, 0.4) is 0 Å². The highest BCUT2D eigenvalue weighted by molar-refractivity contribution is 4.57. The molecule has 0 rings (SSSR count). The van der Waals surface area contributed by atoms with E-state index in [9.17, 15) is 5.11 Å². The van der Waals surface area contributed by atoms with Crippen molar-refractivity contribution in [2.75, 3.05) is 0 Å². The van der Waals surface area contributed by atoms with Crippen molar-refractivity contribution < 1.29 is 10.2 Å². The van der Waals surface area contributed by atoms with Gasteiger partial charge in [-0.2, -0.15) is 0 Å². The van der Waals surface area contributed by atoms with Crippen LogP contribution in [0, 0.1) is 0 Å². The van der Waals surface area contributed by atoms with Gasteiger partial charge >= 0.3 is 0 Å². The van der Waals surface area contributed by atoms with Crippen LogP contribution in [0.4, 0.5) is 0 Å². The predicted molar refractivity (Wildman–Crippen MR) is 55.7 cm³/mol. The average Bonchev–Trinajstić information content (AvgIpc) is 2.04. The number of aliphatic hydroxyl groups excluding tert-OH is 2. The molecule has 0 aromatic heterocycles. The number of aliphatic hydroxyl groups is 2. The lowest BCUT2D eigenvalue weighted by Crippen LogP contribution is -2.08. The Hall–Kier alpha value is -0.0800. The molecule has 0 aliphatic carbocycles. The summed E-state index contributed by atoms with van der Waals surface area (Å²) in [6, 6.07) is 0. The van der Waals surface area contributed by atoms with Crippen LogP contribution in [0.2, 0.25) is 0 Å². The van der Waals surface area contributed by atoms with E-state index in [-0.39, 0.29) is 12.2 Å². The van der Waals surface area contributed by atoms with E-state index in [0.717, 1.165) is 32.1 Å². The molecule has 13 heavy (non-hydrogen) atoms. The van der Waals surface area contributed by atoms with Crippen molar-refractivity contribution in [3.8, 4) is 0 Å². The lowest BCUT2D eigenvalue weighted by molar-refractivity contribution is 0.133. The molecule has 0 amide bonds. The zero-order chi connectivity index (χ0) is 10.1. The number of hydrogen-bond acceptors (Lipinski definition) is 2. The van der Waals surface area contributed by atoms with Gasteiger partial charge in [-0.3, -0.25) is 0 Å². The minimum atomic E-state index is -0.220. The van der Waals surface area contributed by atoms with Crippen LogP contribution in [-0.4, -0.2) is 22.4 Å². The van der Waals surface area contributed by atoms with Gasteiger partial charge < -0.3 is 10.2 Å². The second-order valence-corrected chi connectivity index (χ2v) is 3.93. The Bertz CT molecular complexity index is 102. The smallest absolute Gasteiger partial charge is 0.0540 e. The van der Waals surface area contributed by atoms with E-state index in [2.05, 4.69) is 6.92 Å². The van der Waals surface area contributed by atoms with Gasteiger partial charge in [-0.1, -0.05) is 26.2 Å². The van der Waals surface area contributed by atoms with Gasteiger partial charge in [-0.15, -0.1) is 0 Å². The molecule has 0 radical (unpaired) electrons. The SMILES string of the molecule is CCCCC[C@@H](O)CCC[C@H](C)O. The van der Waals surface area contributed by atoms with Gasteiger partial charge in [0.15, 0.2) is 0 Å². The monoisotopic (exact) mass is 188 g/mol. The summed E-state index contributed by atoms with van der Waals surface area (Å²) in [4.78, 5) is 0. The van der Waals surface area contributed by atoms with Gasteiger partial charge in [0.05, 0.1) is 12.2 Å². The molecule has 0 aliphatic heterocycles. The Labute approximate surface area is 82.0 Å². The average molecular weight is 188 g/mol. The molecule has 0 bridgehead atoms. The molecule has 80 valence electrons. The summed E-state index contributed by atoms with van der Waals surface area (Å²) >= 11 is 0. The number of unbranched alkanes of at least 4 members (excludes halogenated alkanes) is 2. The molecule has 0 aromatic rings. The lowest BCUT2D eigenvalue weighted by Gasteiger charge is -2.10. The Morgan fingerprint density at radius 2 is 1.54 bits per heavy atom. The second kappa shape index (κ2) is 8.52. The molecule has 0 heterocycles. The largest absolute Gasteiger partial charge is 0.393 e. The minimum absolute atomic E-state index is 0.148. The highest BCUT2D eigenvalue weighted by atomic mass is 16.3. The molecule has 0 spiro atoms. The van der Waals surface area contributed by atoms with Crippen molar-refractivity contribution in [3.63, 3.8) is 0 Å². The van der Waals surface area contributed by atoms with Crippen molar-refractivity contribution in [1.82, 2.24) is 0 Å². The third-order valence-corrected chi connectivity index (χ3v) is 2.30. The minimum Gasteiger partial charge on any atom is -0.393 e. The Kier molecular flexibility index (Phi) is 8.46. The third-order valence-electron chi connectivity index (χ3n) is 2.30. The van der Waals surface area contributed by atoms with Gasteiger partial charge in [0.1, 0.15) is 0 Å². The summed E-state index contributed by atoms with van der Waals surface area (Å²) in [6.45, 7) is 3.96. The van der Waals surface area contributed by atoms with Crippen LogP contribution in [-0.2, 0) is 0 Å². The molecule has 2 atom stereocenters. The Morgan fingerprint density at radius 3 is 2.08 bits per heavy atom. The summed E-state index contributed by atoms with van der Waals surface area (Å²) in [5, 5.41) is 18.5. The zero-order valence-corrected chi connectivity index (χ0v) is 9.00. The molecule has 0 saturated heterocycles. The van der Waals surface area contributed by atoms with E-state index >= 15 is 0 Å². The molecule has 0 saturated carbocycles. The zero-order valence-electron chi connectivity index (χ0n) is 9.00.